The lowest BCUT2D eigenvalue weighted by molar-refractivity contribution is 0.674. The Balaban J connectivity index is 2.08. The minimum Gasteiger partial charge on any atom is -0.337 e. The van der Waals surface area contributed by atoms with Crippen molar-refractivity contribution in [2.75, 3.05) is 0 Å². The number of halogens is 1. The van der Waals surface area contributed by atoms with Crippen LogP contribution in [-0.2, 0) is 13.0 Å². The number of nitrogens with one attached hydrogen (secondary N) is 1. The van der Waals surface area contributed by atoms with E-state index in [2.05, 4.69) is 15.6 Å². The molecule has 5 heteroatoms. The highest BCUT2D eigenvalue weighted by atomic mass is 35.5. The first-order valence-corrected chi connectivity index (χ1v) is 6.26. The number of rotatable bonds is 3. The molecule has 2 aromatic heterocycles. The molecule has 2 heterocycles. The molecule has 0 aliphatic heterocycles. The van der Waals surface area contributed by atoms with Crippen molar-refractivity contribution in [2.24, 2.45) is 0 Å². The Bertz CT molecular complexity index is 509. The Morgan fingerprint density at radius 3 is 2.87 bits per heavy atom. The summed E-state index contributed by atoms with van der Waals surface area (Å²) in [6, 6.07) is 4.00. The van der Waals surface area contributed by atoms with Gasteiger partial charge in [0.1, 0.15) is 0 Å². The van der Waals surface area contributed by atoms with Crippen LogP contribution in [-0.4, -0.2) is 9.55 Å². The van der Waals surface area contributed by atoms with Gasteiger partial charge in [-0.25, -0.2) is 0 Å². The number of aryl methyl sites for hydroxylation is 2. The van der Waals surface area contributed by atoms with E-state index in [-0.39, 0.29) is 0 Å². The van der Waals surface area contributed by atoms with Gasteiger partial charge in [-0.05, 0) is 37.7 Å². The fourth-order valence-electron chi connectivity index (χ4n) is 1.47. The molecule has 0 bridgehead atoms. The zero-order chi connectivity index (χ0) is 10.8. The van der Waals surface area contributed by atoms with Crippen LogP contribution in [0.15, 0.2) is 18.3 Å². The molecular weight excluding hydrogens is 248 g/mol. The van der Waals surface area contributed by atoms with Gasteiger partial charge in [0.05, 0.1) is 4.34 Å². The van der Waals surface area contributed by atoms with Crippen LogP contribution >= 0.6 is 35.2 Å². The Morgan fingerprint density at radius 2 is 2.33 bits per heavy atom. The van der Waals surface area contributed by atoms with Crippen molar-refractivity contribution in [2.45, 2.75) is 19.9 Å². The summed E-state index contributed by atoms with van der Waals surface area (Å²) in [5, 5.41) is 0. The Morgan fingerprint density at radius 1 is 1.53 bits per heavy atom. The van der Waals surface area contributed by atoms with Gasteiger partial charge >= 0.3 is 0 Å². The highest BCUT2D eigenvalue weighted by Crippen LogP contribution is 2.22. The van der Waals surface area contributed by atoms with Gasteiger partial charge in [0.25, 0.3) is 0 Å². The first-order valence-electron chi connectivity index (χ1n) is 4.66. The first-order chi connectivity index (χ1) is 7.16. The van der Waals surface area contributed by atoms with Gasteiger partial charge in [0, 0.05) is 23.3 Å². The van der Waals surface area contributed by atoms with E-state index in [1.807, 2.05) is 19.2 Å². The van der Waals surface area contributed by atoms with Crippen LogP contribution in [0.4, 0.5) is 0 Å². The number of H-pyrrole nitrogens is 1. The van der Waals surface area contributed by atoms with E-state index in [9.17, 15) is 0 Å². The molecule has 0 fully saturated rings. The zero-order valence-electron chi connectivity index (χ0n) is 8.29. The van der Waals surface area contributed by atoms with Crippen LogP contribution in [0.1, 0.15) is 10.6 Å². The van der Waals surface area contributed by atoms with Crippen molar-refractivity contribution in [1.29, 1.82) is 0 Å². The summed E-state index contributed by atoms with van der Waals surface area (Å²) >= 11 is 12.7. The Kier molecular flexibility index (Phi) is 3.29. The molecule has 2 rings (SSSR count). The second kappa shape index (κ2) is 4.51. The van der Waals surface area contributed by atoms with Crippen LogP contribution in [0.3, 0.4) is 0 Å². The molecule has 2 nitrogen and oxygen atoms in total. The number of thiophene rings is 1. The van der Waals surface area contributed by atoms with Gasteiger partial charge in [-0.1, -0.05) is 11.6 Å². The molecule has 0 saturated heterocycles. The molecule has 0 amide bonds. The third kappa shape index (κ3) is 2.51. The zero-order valence-corrected chi connectivity index (χ0v) is 10.7. The van der Waals surface area contributed by atoms with Crippen molar-refractivity contribution in [3.8, 4) is 0 Å². The van der Waals surface area contributed by atoms with Crippen LogP contribution in [0.2, 0.25) is 4.34 Å². The lowest BCUT2D eigenvalue weighted by atomic mass is 10.3. The SMILES string of the molecule is Cc1c[nH]c(=S)n1CCc1ccc(Cl)s1. The van der Waals surface area contributed by atoms with Gasteiger partial charge in [0.2, 0.25) is 0 Å². The van der Waals surface area contributed by atoms with Crippen molar-refractivity contribution < 1.29 is 0 Å². The van der Waals surface area contributed by atoms with Gasteiger partial charge in [-0.2, -0.15) is 0 Å². The number of nitrogens with zero attached hydrogens (tertiary/aromatic N) is 1. The lowest BCUT2D eigenvalue weighted by Gasteiger charge is -2.03. The third-order valence-electron chi connectivity index (χ3n) is 2.29. The number of hydrogen-bond acceptors (Lipinski definition) is 2. The molecule has 0 aliphatic rings. The summed E-state index contributed by atoms with van der Waals surface area (Å²) in [4.78, 5) is 4.33. The minimum atomic E-state index is 0.787. The normalized spacial score (nSPS) is 10.8. The number of hydrogen-bond donors (Lipinski definition) is 1. The summed E-state index contributed by atoms with van der Waals surface area (Å²) in [7, 11) is 0. The summed E-state index contributed by atoms with van der Waals surface area (Å²) in [6.07, 6.45) is 2.91. The van der Waals surface area contributed by atoms with Gasteiger partial charge in [-0.15, -0.1) is 11.3 Å². The molecule has 0 aliphatic carbocycles. The third-order valence-corrected chi connectivity index (χ3v) is 3.92. The fraction of sp³-hybridized carbons (Fsp3) is 0.300. The minimum absolute atomic E-state index is 0.787. The molecule has 2 aromatic rings. The average molecular weight is 259 g/mol. The molecule has 0 unspecified atom stereocenters. The smallest absolute Gasteiger partial charge is 0.177 e. The molecule has 80 valence electrons. The molecule has 0 saturated carbocycles. The number of aromatic amines is 1. The molecule has 15 heavy (non-hydrogen) atoms. The second-order valence-corrected chi connectivity index (χ2v) is 5.53. The topological polar surface area (TPSA) is 20.7 Å². The van der Waals surface area contributed by atoms with Crippen molar-refractivity contribution in [3.63, 3.8) is 0 Å². The summed E-state index contributed by atoms with van der Waals surface area (Å²) in [6.45, 7) is 2.96. The maximum Gasteiger partial charge on any atom is 0.177 e. The molecule has 0 aromatic carbocycles. The molecule has 0 spiro atoms. The van der Waals surface area contributed by atoms with Gasteiger partial charge in [-0.3, -0.25) is 0 Å². The fourth-order valence-corrected chi connectivity index (χ4v) is 2.84. The standard InChI is InChI=1S/C10H11ClN2S2/c1-7-6-12-10(14)13(7)5-4-8-2-3-9(11)15-8/h2-3,6H,4-5H2,1H3,(H,12,14). The predicted octanol–water partition coefficient (Wildman–Crippen LogP) is 3.81. The molecular formula is C10H11ClN2S2. The number of aromatic nitrogens is 2. The largest absolute Gasteiger partial charge is 0.337 e. The van der Waals surface area contributed by atoms with E-state index in [1.54, 1.807) is 11.3 Å². The average Bonchev–Trinajstić information content (AvgIpc) is 2.73. The quantitative estimate of drug-likeness (QED) is 0.831. The monoisotopic (exact) mass is 258 g/mol. The first kappa shape index (κ1) is 10.9. The van der Waals surface area contributed by atoms with Crippen LogP contribution in [0, 0.1) is 11.7 Å². The maximum atomic E-state index is 5.87. The highest BCUT2D eigenvalue weighted by molar-refractivity contribution is 7.71. The van der Waals surface area contributed by atoms with E-state index < -0.39 is 0 Å². The van der Waals surface area contributed by atoms with Crippen molar-refractivity contribution in [3.05, 3.63) is 38.0 Å². The summed E-state index contributed by atoms with van der Waals surface area (Å²) in [5.74, 6) is 0. The highest BCUT2D eigenvalue weighted by Gasteiger charge is 2.01. The Labute approximate surface area is 103 Å². The maximum absolute atomic E-state index is 5.87. The Hall–Kier alpha value is -0.580. The van der Waals surface area contributed by atoms with Gasteiger partial charge < -0.3 is 9.55 Å². The van der Waals surface area contributed by atoms with E-state index >= 15 is 0 Å². The van der Waals surface area contributed by atoms with Crippen LogP contribution in [0.25, 0.3) is 0 Å². The molecule has 0 atom stereocenters. The van der Waals surface area contributed by atoms with Crippen LogP contribution in [0.5, 0.6) is 0 Å². The molecule has 0 radical (unpaired) electrons. The number of imidazole rings is 1. The molecule has 1 N–H and O–H groups in total. The predicted molar refractivity (Wildman–Crippen MR) is 67.4 cm³/mol. The van der Waals surface area contributed by atoms with E-state index in [1.165, 1.54) is 10.6 Å². The van der Waals surface area contributed by atoms with E-state index in [4.69, 9.17) is 23.8 Å². The summed E-state index contributed by atoms with van der Waals surface area (Å²) in [5.41, 5.74) is 1.17. The van der Waals surface area contributed by atoms with Crippen LogP contribution < -0.4 is 0 Å². The van der Waals surface area contributed by atoms with E-state index in [0.29, 0.717) is 0 Å². The van der Waals surface area contributed by atoms with E-state index in [0.717, 1.165) is 22.1 Å². The van der Waals surface area contributed by atoms with Crippen molar-refractivity contribution in [1.82, 2.24) is 9.55 Å². The summed E-state index contributed by atoms with van der Waals surface area (Å²) < 4.78 is 3.73. The van der Waals surface area contributed by atoms with Crippen molar-refractivity contribution >= 4 is 35.2 Å². The lowest BCUT2D eigenvalue weighted by Crippen LogP contribution is -2.02. The second-order valence-electron chi connectivity index (χ2n) is 3.34. The van der Waals surface area contributed by atoms with Gasteiger partial charge in [0.15, 0.2) is 4.77 Å².